The van der Waals surface area contributed by atoms with Gasteiger partial charge in [-0.25, -0.2) is 0 Å². The van der Waals surface area contributed by atoms with Crippen LogP contribution in [0.5, 0.6) is 5.75 Å². The molecule has 1 N–H and O–H groups in total. The zero-order chi connectivity index (χ0) is 14.7. The Kier molecular flexibility index (Phi) is 4.27. The average Bonchev–Trinajstić information content (AvgIpc) is 2.34. The number of hydrogen-bond acceptors (Lipinski definition) is 3. The molecule has 0 aromatic heterocycles. The van der Waals surface area contributed by atoms with Gasteiger partial charge in [-0.1, -0.05) is 19.1 Å². The molecule has 1 heterocycles. The predicted octanol–water partition coefficient (Wildman–Crippen LogP) is 1.55. The minimum absolute atomic E-state index is 0.00236. The van der Waals surface area contributed by atoms with Gasteiger partial charge < -0.3 is 14.7 Å². The van der Waals surface area contributed by atoms with Gasteiger partial charge >= 0.3 is 5.97 Å². The molecular weight excluding hydrogens is 258 g/mol. The fourth-order valence-corrected chi connectivity index (χ4v) is 2.18. The number of rotatable bonds is 5. The van der Waals surface area contributed by atoms with Crippen molar-refractivity contribution in [3.05, 3.63) is 29.8 Å². The van der Waals surface area contributed by atoms with Crippen molar-refractivity contribution in [2.45, 2.75) is 13.8 Å². The molecule has 1 fully saturated rings. The van der Waals surface area contributed by atoms with Crippen LogP contribution in [0.4, 0.5) is 0 Å². The van der Waals surface area contributed by atoms with E-state index in [9.17, 15) is 9.59 Å². The molecule has 20 heavy (non-hydrogen) atoms. The van der Waals surface area contributed by atoms with Gasteiger partial charge in [0.05, 0.1) is 5.92 Å². The molecule has 0 aliphatic carbocycles. The van der Waals surface area contributed by atoms with Crippen molar-refractivity contribution in [1.82, 2.24) is 4.90 Å². The fraction of sp³-hybridized carbons (Fsp3) is 0.467. The number of benzene rings is 1. The molecule has 1 aliphatic heterocycles. The number of carbonyl (C=O) groups is 2. The van der Waals surface area contributed by atoms with Gasteiger partial charge in [0.1, 0.15) is 5.75 Å². The molecule has 5 nitrogen and oxygen atoms in total. The summed E-state index contributed by atoms with van der Waals surface area (Å²) in [6.07, 6.45) is 0. The van der Waals surface area contributed by atoms with Crippen LogP contribution in [0.2, 0.25) is 0 Å². The predicted molar refractivity (Wildman–Crippen MR) is 73.5 cm³/mol. The number of carbonyl (C=O) groups excluding carboxylic acids is 1. The van der Waals surface area contributed by atoms with Crippen molar-refractivity contribution in [2.24, 2.45) is 11.8 Å². The number of ether oxygens (including phenoxy) is 1. The topological polar surface area (TPSA) is 66.8 Å². The number of carboxylic acids is 1. The molecule has 1 aromatic rings. The lowest BCUT2D eigenvalue weighted by atomic mass is 9.87. The van der Waals surface area contributed by atoms with Crippen molar-refractivity contribution in [2.75, 3.05) is 19.7 Å². The highest BCUT2D eigenvalue weighted by molar-refractivity contribution is 5.79. The molecule has 0 spiro atoms. The van der Waals surface area contributed by atoms with E-state index in [0.29, 0.717) is 18.8 Å². The molecule has 1 aliphatic rings. The van der Waals surface area contributed by atoms with Gasteiger partial charge in [-0.3, -0.25) is 9.59 Å². The van der Waals surface area contributed by atoms with Gasteiger partial charge in [0.2, 0.25) is 0 Å². The number of amides is 1. The van der Waals surface area contributed by atoms with Gasteiger partial charge in [-0.15, -0.1) is 0 Å². The molecule has 108 valence electrons. The molecule has 5 heteroatoms. The number of aliphatic carboxylic acids is 1. The minimum atomic E-state index is -0.807. The van der Waals surface area contributed by atoms with E-state index >= 15 is 0 Å². The summed E-state index contributed by atoms with van der Waals surface area (Å²) in [4.78, 5) is 24.3. The van der Waals surface area contributed by atoms with Crippen LogP contribution in [0, 0.1) is 18.8 Å². The average molecular weight is 277 g/mol. The Hall–Kier alpha value is -2.04. The molecule has 0 saturated carbocycles. The van der Waals surface area contributed by atoms with Crippen molar-refractivity contribution in [3.63, 3.8) is 0 Å². The summed E-state index contributed by atoms with van der Waals surface area (Å²) in [5, 5.41) is 8.89. The summed E-state index contributed by atoms with van der Waals surface area (Å²) >= 11 is 0. The van der Waals surface area contributed by atoms with E-state index in [2.05, 4.69) is 0 Å². The SMILES string of the molecule is Cc1cccc(OCC(=O)N2CC(C(C)C(=O)O)C2)c1. The van der Waals surface area contributed by atoms with Gasteiger partial charge in [0, 0.05) is 19.0 Å². The molecule has 1 amide bonds. The molecule has 0 radical (unpaired) electrons. The van der Waals surface area contributed by atoms with E-state index in [-0.39, 0.29) is 18.4 Å². The molecule has 0 bridgehead atoms. The third kappa shape index (κ3) is 3.29. The molecule has 1 saturated heterocycles. The zero-order valence-electron chi connectivity index (χ0n) is 11.7. The number of hydrogen-bond donors (Lipinski definition) is 1. The van der Waals surface area contributed by atoms with E-state index in [4.69, 9.17) is 9.84 Å². The highest BCUT2D eigenvalue weighted by atomic mass is 16.5. The van der Waals surface area contributed by atoms with Crippen LogP contribution >= 0.6 is 0 Å². The summed E-state index contributed by atoms with van der Waals surface area (Å²) in [5.41, 5.74) is 1.08. The van der Waals surface area contributed by atoms with Crippen LogP contribution in [0.15, 0.2) is 24.3 Å². The van der Waals surface area contributed by atoms with Crippen LogP contribution in [0.25, 0.3) is 0 Å². The first-order valence-electron chi connectivity index (χ1n) is 6.67. The third-order valence-electron chi connectivity index (χ3n) is 3.71. The number of likely N-dealkylation sites (tertiary alicyclic amines) is 1. The lowest BCUT2D eigenvalue weighted by Gasteiger charge is -2.41. The second-order valence-corrected chi connectivity index (χ2v) is 5.29. The van der Waals surface area contributed by atoms with Gasteiger partial charge in [-0.2, -0.15) is 0 Å². The van der Waals surface area contributed by atoms with Crippen LogP contribution < -0.4 is 4.74 Å². The Morgan fingerprint density at radius 2 is 2.15 bits per heavy atom. The van der Waals surface area contributed by atoms with Crippen LogP contribution in [0.3, 0.4) is 0 Å². The maximum atomic E-state index is 11.9. The van der Waals surface area contributed by atoms with E-state index < -0.39 is 11.9 Å². The summed E-state index contributed by atoms with van der Waals surface area (Å²) in [7, 11) is 0. The molecular formula is C15H19NO4. The van der Waals surface area contributed by atoms with Crippen molar-refractivity contribution < 1.29 is 19.4 Å². The lowest BCUT2D eigenvalue weighted by molar-refractivity contribution is -0.151. The second-order valence-electron chi connectivity index (χ2n) is 5.29. The Labute approximate surface area is 118 Å². The van der Waals surface area contributed by atoms with Crippen LogP contribution in [0.1, 0.15) is 12.5 Å². The number of nitrogens with zero attached hydrogens (tertiary/aromatic N) is 1. The largest absolute Gasteiger partial charge is 0.484 e. The van der Waals surface area contributed by atoms with Crippen molar-refractivity contribution in [1.29, 1.82) is 0 Å². The maximum Gasteiger partial charge on any atom is 0.306 e. The Balaban J connectivity index is 1.76. The Morgan fingerprint density at radius 1 is 1.45 bits per heavy atom. The van der Waals surface area contributed by atoms with Crippen molar-refractivity contribution in [3.8, 4) is 5.75 Å². The van der Waals surface area contributed by atoms with Crippen LogP contribution in [-0.4, -0.2) is 41.6 Å². The standard InChI is InChI=1S/C15H19NO4/c1-10-4-3-5-13(6-10)20-9-14(17)16-7-12(8-16)11(2)15(18)19/h3-6,11-12H,7-9H2,1-2H3,(H,18,19). The Morgan fingerprint density at radius 3 is 2.75 bits per heavy atom. The first-order valence-corrected chi connectivity index (χ1v) is 6.67. The summed E-state index contributed by atoms with van der Waals surface area (Å²) < 4.78 is 5.44. The van der Waals surface area contributed by atoms with Crippen LogP contribution in [-0.2, 0) is 9.59 Å². The fourth-order valence-electron chi connectivity index (χ4n) is 2.18. The first-order chi connectivity index (χ1) is 9.47. The van der Waals surface area contributed by atoms with Crippen molar-refractivity contribution >= 4 is 11.9 Å². The lowest BCUT2D eigenvalue weighted by Crippen LogP contribution is -2.54. The van der Waals surface area contributed by atoms with E-state index in [0.717, 1.165) is 5.56 Å². The highest BCUT2D eigenvalue weighted by Crippen LogP contribution is 2.24. The molecule has 1 aromatic carbocycles. The van der Waals surface area contributed by atoms with E-state index in [1.807, 2.05) is 31.2 Å². The normalized spacial score (nSPS) is 16.4. The highest BCUT2D eigenvalue weighted by Gasteiger charge is 2.37. The summed E-state index contributed by atoms with van der Waals surface area (Å²) in [6.45, 7) is 4.64. The monoisotopic (exact) mass is 277 g/mol. The summed E-state index contributed by atoms with van der Waals surface area (Å²) in [5.74, 6) is -0.583. The quantitative estimate of drug-likeness (QED) is 0.886. The number of aryl methyl sites for hydroxylation is 1. The second kappa shape index (κ2) is 5.94. The van der Waals surface area contributed by atoms with Gasteiger partial charge in [-0.05, 0) is 24.6 Å². The van der Waals surface area contributed by atoms with E-state index in [1.165, 1.54) is 0 Å². The molecule has 1 unspecified atom stereocenters. The first kappa shape index (κ1) is 14.4. The molecule has 1 atom stereocenters. The minimum Gasteiger partial charge on any atom is -0.484 e. The molecule has 2 rings (SSSR count). The van der Waals surface area contributed by atoms with Gasteiger partial charge in [0.15, 0.2) is 6.61 Å². The third-order valence-corrected chi connectivity index (χ3v) is 3.71. The number of carboxylic acid groups (broad SMARTS) is 1. The van der Waals surface area contributed by atoms with Gasteiger partial charge in [0.25, 0.3) is 5.91 Å². The zero-order valence-corrected chi connectivity index (χ0v) is 11.7. The Bertz CT molecular complexity index is 508. The summed E-state index contributed by atoms with van der Waals surface area (Å²) in [6, 6.07) is 7.52. The maximum absolute atomic E-state index is 11.9. The smallest absolute Gasteiger partial charge is 0.306 e. The van der Waals surface area contributed by atoms with E-state index in [1.54, 1.807) is 11.8 Å².